The van der Waals surface area contributed by atoms with Crippen LogP contribution in [0.3, 0.4) is 0 Å². The van der Waals surface area contributed by atoms with Crippen molar-refractivity contribution in [3.63, 3.8) is 0 Å². The van der Waals surface area contributed by atoms with Gasteiger partial charge < -0.3 is 9.80 Å². The Kier molecular flexibility index (Phi) is 5.99. The summed E-state index contributed by atoms with van der Waals surface area (Å²) in [6, 6.07) is 9.17. The predicted molar refractivity (Wildman–Crippen MR) is 103 cm³/mol. The van der Waals surface area contributed by atoms with Gasteiger partial charge in [-0.05, 0) is 58.0 Å². The Bertz CT molecular complexity index is 715. The van der Waals surface area contributed by atoms with Crippen molar-refractivity contribution < 1.29 is 13.2 Å². The monoisotopic (exact) mass is 379 g/mol. The van der Waals surface area contributed by atoms with Gasteiger partial charge in [0.05, 0.1) is 5.25 Å². The summed E-state index contributed by atoms with van der Waals surface area (Å²) in [6.45, 7) is 2.76. The number of hydrogen-bond acceptors (Lipinski definition) is 4. The normalized spacial score (nSPS) is 23.3. The Balaban J connectivity index is 1.69. The molecule has 2 heterocycles. The molecule has 1 aromatic rings. The molecule has 2 aliphatic rings. The van der Waals surface area contributed by atoms with E-state index in [4.69, 9.17) is 0 Å². The molecule has 0 aromatic heterocycles. The highest BCUT2D eigenvalue weighted by Crippen LogP contribution is 2.25. The number of nitrogens with zero attached hydrogens (tertiary/aromatic N) is 3. The molecular weight excluding hydrogens is 350 g/mol. The van der Waals surface area contributed by atoms with Crippen LogP contribution in [0.1, 0.15) is 36.0 Å². The minimum atomic E-state index is -3.41. The van der Waals surface area contributed by atoms with Gasteiger partial charge in [-0.1, -0.05) is 18.2 Å². The largest absolute Gasteiger partial charge is 0.337 e. The van der Waals surface area contributed by atoms with E-state index in [1.807, 2.05) is 18.2 Å². The molecule has 0 spiro atoms. The van der Waals surface area contributed by atoms with Gasteiger partial charge in [-0.2, -0.15) is 0 Å². The van der Waals surface area contributed by atoms with Gasteiger partial charge in [-0.25, -0.2) is 12.7 Å². The smallest absolute Gasteiger partial charge is 0.253 e. The van der Waals surface area contributed by atoms with Crippen molar-refractivity contribution >= 4 is 15.9 Å². The standard InChI is InChI=1S/C19H29N3O3S/c1-20-13-10-17(11-14-20)21(2)26(24,25)18-9-6-12-22(15-18)19(23)16-7-4-3-5-8-16/h3-5,7-8,17-18H,6,9-15H2,1-2H3/t18-/m0/s1. The molecule has 2 aliphatic heterocycles. The van der Waals surface area contributed by atoms with Gasteiger partial charge in [0.15, 0.2) is 0 Å². The molecule has 0 aliphatic carbocycles. The van der Waals surface area contributed by atoms with Crippen LogP contribution in [0.15, 0.2) is 30.3 Å². The third kappa shape index (κ3) is 4.10. The van der Waals surface area contributed by atoms with Crippen molar-refractivity contribution in [1.82, 2.24) is 14.1 Å². The number of piperidine rings is 2. The summed E-state index contributed by atoms with van der Waals surface area (Å²) < 4.78 is 27.9. The SMILES string of the molecule is CN1CCC(N(C)S(=O)(=O)[C@H]2CCCN(C(=O)c3ccccc3)C2)CC1. The van der Waals surface area contributed by atoms with Crippen LogP contribution >= 0.6 is 0 Å². The lowest BCUT2D eigenvalue weighted by atomic mass is 10.1. The third-order valence-corrected chi connectivity index (χ3v) is 8.04. The quantitative estimate of drug-likeness (QED) is 0.798. The molecule has 144 valence electrons. The first-order valence-electron chi connectivity index (χ1n) is 9.39. The van der Waals surface area contributed by atoms with Crippen molar-refractivity contribution in [1.29, 1.82) is 0 Å². The fraction of sp³-hybridized carbons (Fsp3) is 0.632. The molecule has 2 saturated heterocycles. The Morgan fingerprint density at radius 1 is 1.08 bits per heavy atom. The number of rotatable bonds is 4. The summed E-state index contributed by atoms with van der Waals surface area (Å²) in [4.78, 5) is 16.6. The second kappa shape index (κ2) is 8.06. The molecular formula is C19H29N3O3S. The highest BCUT2D eigenvalue weighted by molar-refractivity contribution is 7.89. The van der Waals surface area contributed by atoms with Crippen LogP contribution in [-0.2, 0) is 10.0 Å². The molecule has 0 bridgehead atoms. The molecule has 0 radical (unpaired) electrons. The molecule has 1 atom stereocenters. The number of carbonyl (C=O) groups excluding carboxylic acids is 1. The number of sulfonamides is 1. The molecule has 3 rings (SSSR count). The second-order valence-electron chi connectivity index (χ2n) is 7.48. The summed E-state index contributed by atoms with van der Waals surface area (Å²) >= 11 is 0. The first kappa shape index (κ1) is 19.3. The lowest BCUT2D eigenvalue weighted by molar-refractivity contribution is 0.0725. The molecule has 0 saturated carbocycles. The first-order chi connectivity index (χ1) is 12.4. The van der Waals surface area contributed by atoms with Crippen LogP contribution in [-0.4, -0.2) is 80.0 Å². The van der Waals surface area contributed by atoms with Crippen LogP contribution in [0.25, 0.3) is 0 Å². The molecule has 1 amide bonds. The van der Waals surface area contributed by atoms with E-state index in [1.54, 1.807) is 28.4 Å². The lowest BCUT2D eigenvalue weighted by Gasteiger charge is -2.39. The van der Waals surface area contributed by atoms with Gasteiger partial charge in [-0.3, -0.25) is 4.79 Å². The molecule has 6 nitrogen and oxygen atoms in total. The zero-order valence-electron chi connectivity index (χ0n) is 15.7. The fourth-order valence-corrected chi connectivity index (χ4v) is 5.86. The van der Waals surface area contributed by atoms with E-state index in [-0.39, 0.29) is 18.5 Å². The molecule has 1 aromatic carbocycles. The lowest BCUT2D eigenvalue weighted by Crippen LogP contribution is -2.52. The maximum absolute atomic E-state index is 13.1. The summed E-state index contributed by atoms with van der Waals surface area (Å²) in [7, 11) is 0.373. The minimum Gasteiger partial charge on any atom is -0.337 e. The van der Waals surface area contributed by atoms with E-state index in [0.717, 1.165) is 32.4 Å². The average molecular weight is 380 g/mol. The van der Waals surface area contributed by atoms with E-state index in [0.29, 0.717) is 18.5 Å². The van der Waals surface area contributed by atoms with Crippen LogP contribution in [0, 0.1) is 0 Å². The van der Waals surface area contributed by atoms with Crippen molar-refractivity contribution in [2.24, 2.45) is 0 Å². The Labute approximate surface area is 156 Å². The maximum Gasteiger partial charge on any atom is 0.253 e. The summed E-state index contributed by atoms with van der Waals surface area (Å²) in [6.07, 6.45) is 3.08. The average Bonchev–Trinajstić information content (AvgIpc) is 2.68. The van der Waals surface area contributed by atoms with Crippen molar-refractivity contribution in [2.75, 3.05) is 40.3 Å². The third-order valence-electron chi connectivity index (χ3n) is 5.71. The van der Waals surface area contributed by atoms with E-state index >= 15 is 0 Å². The van der Waals surface area contributed by atoms with Gasteiger partial charge in [0, 0.05) is 31.7 Å². The van der Waals surface area contributed by atoms with Crippen LogP contribution in [0.4, 0.5) is 0 Å². The molecule has 0 unspecified atom stereocenters. The summed E-state index contributed by atoms with van der Waals surface area (Å²) in [5.74, 6) is -0.0764. The number of likely N-dealkylation sites (tertiary alicyclic amines) is 2. The Morgan fingerprint density at radius 2 is 1.73 bits per heavy atom. The van der Waals surface area contributed by atoms with Crippen molar-refractivity contribution in [3.8, 4) is 0 Å². The van der Waals surface area contributed by atoms with Gasteiger partial charge in [0.2, 0.25) is 10.0 Å². The van der Waals surface area contributed by atoms with Crippen LogP contribution < -0.4 is 0 Å². The van der Waals surface area contributed by atoms with Gasteiger partial charge in [0.1, 0.15) is 0 Å². The number of benzene rings is 1. The summed E-state index contributed by atoms with van der Waals surface area (Å²) in [5.41, 5.74) is 0.620. The minimum absolute atomic E-state index is 0.0661. The van der Waals surface area contributed by atoms with Crippen LogP contribution in [0.5, 0.6) is 0 Å². The highest BCUT2D eigenvalue weighted by Gasteiger charge is 2.38. The van der Waals surface area contributed by atoms with Crippen molar-refractivity contribution in [2.45, 2.75) is 37.0 Å². The number of hydrogen-bond donors (Lipinski definition) is 0. The van der Waals surface area contributed by atoms with E-state index in [1.165, 1.54) is 0 Å². The molecule has 0 N–H and O–H groups in total. The van der Waals surface area contributed by atoms with Crippen LogP contribution in [0.2, 0.25) is 0 Å². The Hall–Kier alpha value is -1.44. The van der Waals surface area contributed by atoms with E-state index in [2.05, 4.69) is 11.9 Å². The number of carbonyl (C=O) groups is 1. The molecule has 2 fully saturated rings. The molecule has 26 heavy (non-hydrogen) atoms. The van der Waals surface area contributed by atoms with Gasteiger partial charge >= 0.3 is 0 Å². The molecule has 7 heteroatoms. The van der Waals surface area contributed by atoms with E-state index < -0.39 is 15.3 Å². The maximum atomic E-state index is 13.1. The zero-order valence-corrected chi connectivity index (χ0v) is 16.5. The fourth-order valence-electron chi connectivity index (χ4n) is 3.93. The van der Waals surface area contributed by atoms with Gasteiger partial charge in [-0.15, -0.1) is 0 Å². The summed E-state index contributed by atoms with van der Waals surface area (Å²) in [5, 5.41) is -0.506. The number of amides is 1. The first-order valence-corrected chi connectivity index (χ1v) is 10.9. The highest BCUT2D eigenvalue weighted by atomic mass is 32.2. The second-order valence-corrected chi connectivity index (χ2v) is 9.75. The predicted octanol–water partition coefficient (Wildman–Crippen LogP) is 1.65. The topological polar surface area (TPSA) is 60.9 Å². The van der Waals surface area contributed by atoms with Crippen molar-refractivity contribution in [3.05, 3.63) is 35.9 Å². The van der Waals surface area contributed by atoms with Gasteiger partial charge in [0.25, 0.3) is 5.91 Å². The zero-order chi connectivity index (χ0) is 18.7. The Morgan fingerprint density at radius 3 is 2.38 bits per heavy atom. The van der Waals surface area contributed by atoms with E-state index in [9.17, 15) is 13.2 Å².